The quantitative estimate of drug-likeness (QED) is 0.467. The van der Waals surface area contributed by atoms with Crippen LogP contribution in [0.5, 0.6) is 0 Å². The molecule has 0 spiro atoms. The van der Waals surface area contributed by atoms with E-state index < -0.39 is 0 Å². The maximum atomic E-state index is 4.29. The van der Waals surface area contributed by atoms with Crippen molar-refractivity contribution in [2.24, 2.45) is 5.41 Å². The maximum Gasteiger partial charge on any atom is 0.0350 e. The first-order valence-corrected chi connectivity index (χ1v) is 9.49. The van der Waals surface area contributed by atoms with Crippen molar-refractivity contribution in [1.29, 1.82) is 0 Å². The van der Waals surface area contributed by atoms with E-state index in [9.17, 15) is 0 Å². The van der Waals surface area contributed by atoms with E-state index in [0.29, 0.717) is 5.41 Å². The van der Waals surface area contributed by atoms with Crippen LogP contribution in [0.4, 0.5) is 0 Å². The Bertz CT molecular complexity index is 622. The first kappa shape index (κ1) is 21.3. The van der Waals surface area contributed by atoms with Crippen LogP contribution in [0.1, 0.15) is 65.5 Å². The zero-order chi connectivity index (χ0) is 19.0. The fraction of sp³-hybridized carbons (Fsp3) is 0.500. The fourth-order valence-electron chi connectivity index (χ4n) is 2.96. The maximum absolute atomic E-state index is 4.29. The van der Waals surface area contributed by atoms with Crippen LogP contribution in [0.3, 0.4) is 0 Å². The molecule has 0 radical (unpaired) electrons. The summed E-state index contributed by atoms with van der Waals surface area (Å²) in [7, 11) is 2.18. The van der Waals surface area contributed by atoms with E-state index in [-0.39, 0.29) is 0 Å². The van der Waals surface area contributed by atoms with Crippen molar-refractivity contribution in [3.63, 3.8) is 0 Å². The first-order chi connectivity index (χ1) is 11.6. The second-order valence-electron chi connectivity index (χ2n) is 8.46. The number of rotatable bonds is 8. The van der Waals surface area contributed by atoms with Crippen molar-refractivity contribution >= 4 is 5.57 Å². The summed E-state index contributed by atoms with van der Waals surface area (Å²) < 4.78 is 0. The van der Waals surface area contributed by atoms with Gasteiger partial charge in [-0.2, -0.15) is 0 Å². The average Bonchev–Trinajstić information content (AvgIpc) is 2.51. The predicted molar refractivity (Wildman–Crippen MR) is 114 cm³/mol. The molecule has 0 amide bonds. The van der Waals surface area contributed by atoms with E-state index in [4.69, 9.17) is 0 Å². The highest BCUT2D eigenvalue weighted by atomic mass is 15.1. The van der Waals surface area contributed by atoms with Crippen molar-refractivity contribution in [2.75, 3.05) is 13.6 Å². The van der Waals surface area contributed by atoms with Crippen molar-refractivity contribution in [3.05, 3.63) is 65.4 Å². The minimum Gasteiger partial charge on any atom is -0.375 e. The highest BCUT2D eigenvalue weighted by Crippen LogP contribution is 2.24. The lowest BCUT2D eigenvalue weighted by atomic mass is 9.87. The molecule has 0 heterocycles. The van der Waals surface area contributed by atoms with Gasteiger partial charge >= 0.3 is 0 Å². The highest BCUT2D eigenvalue weighted by molar-refractivity contribution is 5.72. The molecule has 0 atom stereocenters. The molecular weight excluding hydrogens is 302 g/mol. The number of hydrogen-bond acceptors (Lipinski definition) is 1. The molecule has 0 saturated heterocycles. The zero-order valence-corrected chi connectivity index (χ0v) is 17.4. The summed E-state index contributed by atoms with van der Waals surface area (Å²) in [5.41, 5.74) is 6.58. The van der Waals surface area contributed by atoms with Crippen LogP contribution >= 0.6 is 0 Å². The normalized spacial score (nSPS) is 11.6. The average molecular weight is 340 g/mol. The predicted octanol–water partition coefficient (Wildman–Crippen LogP) is 6.87. The minimum absolute atomic E-state index is 0.299. The summed E-state index contributed by atoms with van der Waals surface area (Å²) in [4.78, 5) is 2.35. The number of benzene rings is 1. The lowest BCUT2D eigenvalue weighted by molar-refractivity contribution is 0.411. The smallest absolute Gasteiger partial charge is 0.0350 e. The standard InChI is InChI=1S/C24H37N/c1-9-10-16-25(8)23(19(2)3)15-14-20(4)22-13-11-12-21(17-22)18-24(5,6)7/h11-15,17H,4,9-10,16,18H2,1-3,5-8H3/b15-14-. The number of allylic oxidation sites excluding steroid dienone is 4. The minimum atomic E-state index is 0.299. The molecule has 0 fully saturated rings. The molecule has 1 aromatic rings. The molecule has 0 bridgehead atoms. The van der Waals surface area contributed by atoms with Gasteiger partial charge in [0.1, 0.15) is 0 Å². The van der Waals surface area contributed by atoms with Gasteiger partial charge in [0.25, 0.3) is 0 Å². The van der Waals surface area contributed by atoms with Crippen LogP contribution < -0.4 is 0 Å². The van der Waals surface area contributed by atoms with E-state index in [1.165, 1.54) is 35.2 Å². The molecule has 138 valence electrons. The molecule has 0 aliphatic heterocycles. The van der Waals surface area contributed by atoms with Gasteiger partial charge in [0, 0.05) is 19.3 Å². The Morgan fingerprint density at radius 2 is 1.84 bits per heavy atom. The first-order valence-electron chi connectivity index (χ1n) is 9.49. The van der Waals surface area contributed by atoms with Crippen LogP contribution in [0.15, 0.2) is 54.3 Å². The molecule has 1 aromatic carbocycles. The SMILES string of the molecule is C=C(/C=C\C(=C(C)C)N(C)CCCC)c1cccc(CC(C)(C)C)c1. The largest absolute Gasteiger partial charge is 0.375 e. The third-order valence-electron chi connectivity index (χ3n) is 4.25. The van der Waals surface area contributed by atoms with Gasteiger partial charge in [-0.25, -0.2) is 0 Å². The third-order valence-corrected chi connectivity index (χ3v) is 4.25. The lowest BCUT2D eigenvalue weighted by Crippen LogP contribution is -2.18. The number of likely N-dealkylation sites (N-methyl/N-ethyl adjacent to an activating group) is 1. The summed E-state index contributed by atoms with van der Waals surface area (Å²) in [5, 5.41) is 0. The molecule has 25 heavy (non-hydrogen) atoms. The summed E-state index contributed by atoms with van der Waals surface area (Å²) >= 11 is 0. The molecule has 1 nitrogen and oxygen atoms in total. The Labute approximate surface area is 156 Å². The highest BCUT2D eigenvalue weighted by Gasteiger charge is 2.11. The van der Waals surface area contributed by atoms with E-state index in [1.54, 1.807) is 0 Å². The molecule has 0 unspecified atom stereocenters. The molecular formula is C24H37N. The van der Waals surface area contributed by atoms with Gasteiger partial charge in [0.15, 0.2) is 0 Å². The zero-order valence-electron chi connectivity index (χ0n) is 17.4. The Balaban J connectivity index is 2.91. The number of hydrogen-bond donors (Lipinski definition) is 0. The van der Waals surface area contributed by atoms with Crippen LogP contribution in [0.2, 0.25) is 0 Å². The van der Waals surface area contributed by atoms with E-state index in [0.717, 1.165) is 18.5 Å². The molecule has 0 aromatic heterocycles. The van der Waals surface area contributed by atoms with Gasteiger partial charge in [-0.1, -0.05) is 76.6 Å². The van der Waals surface area contributed by atoms with Crippen LogP contribution in [0.25, 0.3) is 5.57 Å². The van der Waals surface area contributed by atoms with Crippen LogP contribution in [-0.2, 0) is 6.42 Å². The molecule has 0 aliphatic carbocycles. The monoisotopic (exact) mass is 339 g/mol. The van der Waals surface area contributed by atoms with Crippen LogP contribution in [0, 0.1) is 5.41 Å². The van der Waals surface area contributed by atoms with Gasteiger partial charge in [-0.05, 0) is 54.9 Å². The Kier molecular flexibility index (Phi) is 8.22. The Morgan fingerprint density at radius 1 is 1.16 bits per heavy atom. The summed E-state index contributed by atoms with van der Waals surface area (Å²) in [6.07, 6.45) is 7.88. The van der Waals surface area contributed by atoms with Crippen molar-refractivity contribution in [2.45, 2.75) is 60.8 Å². The van der Waals surface area contributed by atoms with Gasteiger partial charge < -0.3 is 4.90 Å². The number of nitrogens with zero attached hydrogens (tertiary/aromatic N) is 1. The topological polar surface area (TPSA) is 3.24 Å². The number of unbranched alkanes of at least 4 members (excludes halogenated alkanes) is 1. The van der Waals surface area contributed by atoms with Crippen molar-refractivity contribution in [1.82, 2.24) is 4.90 Å². The molecule has 1 rings (SSSR count). The summed E-state index contributed by atoms with van der Waals surface area (Å²) in [5.74, 6) is 0. The van der Waals surface area contributed by atoms with Gasteiger partial charge in [-0.3, -0.25) is 0 Å². The van der Waals surface area contributed by atoms with E-state index in [1.807, 2.05) is 0 Å². The fourth-order valence-corrected chi connectivity index (χ4v) is 2.96. The summed E-state index contributed by atoms with van der Waals surface area (Å²) in [6.45, 7) is 18.8. The van der Waals surface area contributed by atoms with Gasteiger partial charge in [0.05, 0.1) is 0 Å². The Hall–Kier alpha value is -1.76. The van der Waals surface area contributed by atoms with Gasteiger partial charge in [-0.15, -0.1) is 0 Å². The van der Waals surface area contributed by atoms with E-state index >= 15 is 0 Å². The molecule has 0 saturated carbocycles. The summed E-state index contributed by atoms with van der Waals surface area (Å²) in [6, 6.07) is 8.79. The van der Waals surface area contributed by atoms with Crippen LogP contribution in [-0.4, -0.2) is 18.5 Å². The Morgan fingerprint density at radius 3 is 2.40 bits per heavy atom. The van der Waals surface area contributed by atoms with Gasteiger partial charge in [0.2, 0.25) is 0 Å². The second kappa shape index (κ2) is 9.65. The lowest BCUT2D eigenvalue weighted by Gasteiger charge is -2.22. The molecule has 0 N–H and O–H groups in total. The molecule has 1 heteroatoms. The second-order valence-corrected chi connectivity index (χ2v) is 8.46. The van der Waals surface area contributed by atoms with Crippen molar-refractivity contribution < 1.29 is 0 Å². The molecule has 0 aliphatic rings. The van der Waals surface area contributed by atoms with Crippen molar-refractivity contribution in [3.8, 4) is 0 Å². The van der Waals surface area contributed by atoms with E-state index in [2.05, 4.69) is 96.5 Å². The third kappa shape index (κ3) is 7.77.